The minimum atomic E-state index is -2.54. The number of aromatic nitrogens is 4. The lowest BCUT2D eigenvalue weighted by Crippen LogP contribution is -2.30. The van der Waals surface area contributed by atoms with E-state index in [1.165, 1.54) is 24.4 Å². The van der Waals surface area contributed by atoms with E-state index in [1.807, 2.05) is 4.90 Å². The van der Waals surface area contributed by atoms with Gasteiger partial charge in [-0.3, -0.25) is 5.10 Å². The van der Waals surface area contributed by atoms with Crippen LogP contribution in [0.15, 0.2) is 0 Å². The Bertz CT molecular complexity index is 649. The number of aromatic amines is 1. The Hall–Kier alpha value is -1.57. The molecule has 1 N–H and O–H groups in total. The van der Waals surface area contributed by atoms with E-state index in [2.05, 4.69) is 19.6 Å². The summed E-state index contributed by atoms with van der Waals surface area (Å²) in [6, 6.07) is 0. The van der Waals surface area contributed by atoms with Crippen molar-refractivity contribution in [1.29, 1.82) is 0 Å². The molecule has 0 bridgehead atoms. The molecule has 5 nitrogen and oxygen atoms in total. The van der Waals surface area contributed by atoms with Gasteiger partial charge in [-0.2, -0.15) is 9.47 Å². The molecule has 0 saturated heterocycles. The number of nitrogens with zero attached hydrogens (tertiary/aromatic N) is 4. The molecule has 0 spiro atoms. The Morgan fingerprint density at radius 2 is 2.24 bits per heavy atom. The van der Waals surface area contributed by atoms with Gasteiger partial charge in [-0.15, -0.1) is 0 Å². The van der Waals surface area contributed by atoms with Gasteiger partial charge in [0.05, 0.1) is 0 Å². The Morgan fingerprint density at radius 1 is 1.38 bits per heavy atom. The molecule has 2 aromatic heterocycles. The smallest absolute Gasteiger partial charge is 0.282 e. The lowest BCUT2D eigenvalue weighted by molar-refractivity contribution is 0.144. The van der Waals surface area contributed by atoms with Crippen molar-refractivity contribution in [2.45, 2.75) is 38.7 Å². The third kappa shape index (κ3) is 2.52. The maximum absolute atomic E-state index is 12.9. The molecular formula is C13H15F2N5S. The van der Waals surface area contributed by atoms with Crippen LogP contribution in [0.4, 0.5) is 13.9 Å². The number of nitrogens with one attached hydrogen (secondary N) is 1. The van der Waals surface area contributed by atoms with Gasteiger partial charge < -0.3 is 4.90 Å². The van der Waals surface area contributed by atoms with E-state index < -0.39 is 6.43 Å². The minimum absolute atomic E-state index is 0.127. The highest BCUT2D eigenvalue weighted by Crippen LogP contribution is 2.34. The zero-order chi connectivity index (χ0) is 14.4. The number of alkyl halides is 2. The standard InChI is InChI=1S/C13H15F2N5S/c14-12(15)11-8-6-20(4-3-9(8)17-18-11)13-16-10(19-21-13)5-7-1-2-7/h7,12H,1-6H2,(H,17,18). The average molecular weight is 311 g/mol. The second-order valence-electron chi connectivity index (χ2n) is 5.68. The summed E-state index contributed by atoms with van der Waals surface area (Å²) in [6.07, 6.45) is 1.64. The summed E-state index contributed by atoms with van der Waals surface area (Å²) < 4.78 is 30.3. The predicted molar refractivity (Wildman–Crippen MR) is 74.6 cm³/mol. The monoisotopic (exact) mass is 311 g/mol. The van der Waals surface area contributed by atoms with Crippen LogP contribution in [0.2, 0.25) is 0 Å². The zero-order valence-corrected chi connectivity index (χ0v) is 12.2. The molecule has 2 aromatic rings. The van der Waals surface area contributed by atoms with E-state index in [9.17, 15) is 8.78 Å². The summed E-state index contributed by atoms with van der Waals surface area (Å²) in [6.45, 7) is 1.19. The van der Waals surface area contributed by atoms with Gasteiger partial charge >= 0.3 is 0 Å². The van der Waals surface area contributed by atoms with Gasteiger partial charge in [0, 0.05) is 48.7 Å². The quantitative estimate of drug-likeness (QED) is 0.943. The number of fused-ring (bicyclic) bond motifs is 1. The van der Waals surface area contributed by atoms with Gasteiger partial charge in [-0.25, -0.2) is 13.8 Å². The fourth-order valence-corrected chi connectivity index (χ4v) is 3.42. The second-order valence-corrected chi connectivity index (χ2v) is 6.41. The Kier molecular flexibility index (Phi) is 3.13. The van der Waals surface area contributed by atoms with Crippen LogP contribution in [0.3, 0.4) is 0 Å². The summed E-state index contributed by atoms with van der Waals surface area (Å²) in [4.78, 5) is 6.59. The van der Waals surface area contributed by atoms with Crippen molar-refractivity contribution >= 4 is 16.7 Å². The van der Waals surface area contributed by atoms with E-state index >= 15 is 0 Å². The fourth-order valence-electron chi connectivity index (χ4n) is 2.70. The van der Waals surface area contributed by atoms with Gasteiger partial charge in [0.15, 0.2) is 0 Å². The van der Waals surface area contributed by atoms with Gasteiger partial charge in [0.25, 0.3) is 6.43 Å². The first-order valence-electron chi connectivity index (χ1n) is 7.12. The highest BCUT2D eigenvalue weighted by atomic mass is 32.1. The minimum Gasteiger partial charge on any atom is -0.342 e. The van der Waals surface area contributed by atoms with Gasteiger partial charge in [-0.1, -0.05) is 0 Å². The van der Waals surface area contributed by atoms with E-state index in [-0.39, 0.29) is 5.69 Å². The van der Waals surface area contributed by atoms with E-state index in [0.29, 0.717) is 18.5 Å². The van der Waals surface area contributed by atoms with Crippen LogP contribution in [0.25, 0.3) is 0 Å². The molecule has 0 amide bonds. The third-order valence-corrected chi connectivity index (χ3v) is 4.88. The number of hydrogen-bond donors (Lipinski definition) is 1. The summed E-state index contributed by atoms with van der Waals surface area (Å²) in [5, 5.41) is 7.31. The Labute approximate surface area is 124 Å². The first-order valence-corrected chi connectivity index (χ1v) is 7.89. The topological polar surface area (TPSA) is 57.7 Å². The molecule has 3 heterocycles. The van der Waals surface area contributed by atoms with E-state index in [0.717, 1.165) is 35.5 Å². The molecule has 2 aliphatic rings. The first kappa shape index (κ1) is 13.1. The summed E-state index contributed by atoms with van der Waals surface area (Å²) in [5.74, 6) is 1.64. The van der Waals surface area contributed by atoms with Crippen molar-refractivity contribution in [1.82, 2.24) is 19.6 Å². The van der Waals surface area contributed by atoms with Crippen LogP contribution in [0.1, 0.15) is 42.0 Å². The van der Waals surface area contributed by atoms with Crippen molar-refractivity contribution in [3.63, 3.8) is 0 Å². The highest BCUT2D eigenvalue weighted by Gasteiger charge is 2.28. The number of anilines is 1. The lowest BCUT2D eigenvalue weighted by Gasteiger charge is -2.26. The highest BCUT2D eigenvalue weighted by molar-refractivity contribution is 7.09. The molecule has 0 aromatic carbocycles. The van der Waals surface area contributed by atoms with Crippen LogP contribution >= 0.6 is 11.5 Å². The molecule has 1 aliphatic heterocycles. The normalized spacial score (nSPS) is 18.3. The third-order valence-electron chi connectivity index (χ3n) is 4.07. The van der Waals surface area contributed by atoms with Crippen LogP contribution in [0.5, 0.6) is 0 Å². The molecule has 1 aliphatic carbocycles. The molecule has 0 unspecified atom stereocenters. The summed E-state index contributed by atoms with van der Waals surface area (Å²) in [7, 11) is 0. The van der Waals surface area contributed by atoms with Crippen LogP contribution in [0, 0.1) is 5.92 Å². The van der Waals surface area contributed by atoms with Crippen molar-refractivity contribution in [2.75, 3.05) is 11.4 Å². The molecule has 1 saturated carbocycles. The Morgan fingerprint density at radius 3 is 3.00 bits per heavy atom. The maximum Gasteiger partial charge on any atom is 0.282 e. The average Bonchev–Trinajstić information content (AvgIpc) is 3.00. The van der Waals surface area contributed by atoms with Crippen molar-refractivity contribution < 1.29 is 8.78 Å². The largest absolute Gasteiger partial charge is 0.342 e. The molecule has 1 fully saturated rings. The predicted octanol–water partition coefficient (Wildman–Crippen LogP) is 2.71. The summed E-state index contributed by atoms with van der Waals surface area (Å²) in [5.41, 5.74) is 1.32. The van der Waals surface area contributed by atoms with Crippen molar-refractivity contribution in [2.24, 2.45) is 5.92 Å². The van der Waals surface area contributed by atoms with E-state index in [4.69, 9.17) is 0 Å². The second kappa shape index (κ2) is 5.01. The molecule has 112 valence electrons. The van der Waals surface area contributed by atoms with Gasteiger partial charge in [0.2, 0.25) is 5.13 Å². The molecule has 4 rings (SSSR count). The lowest BCUT2D eigenvalue weighted by atomic mass is 10.1. The molecule has 0 radical (unpaired) electrons. The molecule has 0 atom stereocenters. The number of hydrogen-bond acceptors (Lipinski definition) is 5. The maximum atomic E-state index is 12.9. The molecule has 21 heavy (non-hydrogen) atoms. The molecular weight excluding hydrogens is 296 g/mol. The zero-order valence-electron chi connectivity index (χ0n) is 11.4. The summed E-state index contributed by atoms with van der Waals surface area (Å²) >= 11 is 1.36. The Balaban J connectivity index is 1.53. The molecule has 8 heteroatoms. The van der Waals surface area contributed by atoms with E-state index in [1.54, 1.807) is 0 Å². The van der Waals surface area contributed by atoms with Gasteiger partial charge in [0.1, 0.15) is 11.5 Å². The van der Waals surface area contributed by atoms with Crippen molar-refractivity contribution in [3.05, 3.63) is 22.8 Å². The first-order chi connectivity index (χ1) is 10.2. The van der Waals surface area contributed by atoms with Gasteiger partial charge in [-0.05, 0) is 18.8 Å². The van der Waals surface area contributed by atoms with Crippen molar-refractivity contribution in [3.8, 4) is 0 Å². The van der Waals surface area contributed by atoms with Crippen LogP contribution in [-0.2, 0) is 19.4 Å². The number of rotatable bonds is 4. The van der Waals surface area contributed by atoms with Crippen LogP contribution < -0.4 is 4.90 Å². The number of halogens is 2. The fraction of sp³-hybridized carbons (Fsp3) is 0.615. The SMILES string of the molecule is FC(F)c1n[nH]c2c1CN(c1nc(CC3CC3)ns1)CC2. The number of H-pyrrole nitrogens is 1. The van der Waals surface area contributed by atoms with Crippen LogP contribution in [-0.4, -0.2) is 26.1 Å².